The van der Waals surface area contributed by atoms with Gasteiger partial charge >= 0.3 is 0 Å². The Morgan fingerprint density at radius 2 is 2.14 bits per heavy atom. The Kier molecular flexibility index (Phi) is 3.92. The second-order valence-corrected chi connectivity index (χ2v) is 3.39. The maximum Gasteiger partial charge on any atom is 0.123 e. The van der Waals surface area contributed by atoms with Crippen molar-refractivity contribution >= 4 is 0 Å². The van der Waals surface area contributed by atoms with Gasteiger partial charge in [-0.2, -0.15) is 0 Å². The molecule has 0 unspecified atom stereocenters. The molecule has 0 amide bonds. The van der Waals surface area contributed by atoms with Gasteiger partial charge in [0, 0.05) is 5.56 Å². The van der Waals surface area contributed by atoms with Crippen LogP contribution in [0.3, 0.4) is 0 Å². The normalized spacial score (nSPS) is 12.8. The molecule has 1 atom stereocenters. The van der Waals surface area contributed by atoms with Crippen molar-refractivity contribution in [3.8, 4) is 5.75 Å². The third-order valence-corrected chi connectivity index (χ3v) is 2.27. The summed E-state index contributed by atoms with van der Waals surface area (Å²) in [5.74, 6) is 0.232. The number of para-hydroxylation sites is 1. The van der Waals surface area contributed by atoms with E-state index in [-0.39, 0.29) is 12.4 Å². The van der Waals surface area contributed by atoms with Gasteiger partial charge < -0.3 is 15.9 Å². The van der Waals surface area contributed by atoms with Crippen molar-refractivity contribution in [2.45, 2.75) is 25.8 Å². The van der Waals surface area contributed by atoms with Gasteiger partial charge in [-0.1, -0.05) is 31.5 Å². The number of phenols is 1. The van der Waals surface area contributed by atoms with Gasteiger partial charge in [0.2, 0.25) is 0 Å². The third kappa shape index (κ3) is 2.25. The maximum atomic E-state index is 9.83. The summed E-state index contributed by atoms with van der Waals surface area (Å²) in [5, 5.41) is 18.7. The van der Waals surface area contributed by atoms with Crippen LogP contribution >= 0.6 is 0 Å². The summed E-state index contributed by atoms with van der Waals surface area (Å²) >= 11 is 0. The number of phenolic OH excluding ortho intramolecular Hbond substituents is 1. The van der Waals surface area contributed by atoms with Crippen molar-refractivity contribution in [2.24, 2.45) is 5.73 Å². The highest BCUT2D eigenvalue weighted by Gasteiger charge is 2.11. The third-order valence-electron chi connectivity index (χ3n) is 2.27. The van der Waals surface area contributed by atoms with Crippen molar-refractivity contribution in [3.05, 3.63) is 29.3 Å². The van der Waals surface area contributed by atoms with Crippen molar-refractivity contribution in [2.75, 3.05) is 6.61 Å². The summed E-state index contributed by atoms with van der Waals surface area (Å²) in [6, 6.07) is 4.99. The van der Waals surface area contributed by atoms with E-state index in [0.717, 1.165) is 18.4 Å². The second kappa shape index (κ2) is 4.98. The smallest absolute Gasteiger partial charge is 0.123 e. The first-order valence-corrected chi connectivity index (χ1v) is 4.87. The van der Waals surface area contributed by atoms with Gasteiger partial charge in [0.05, 0.1) is 12.6 Å². The van der Waals surface area contributed by atoms with Crippen LogP contribution in [-0.4, -0.2) is 16.8 Å². The molecule has 0 radical (unpaired) electrons. The predicted octanol–water partition coefficient (Wildman–Crippen LogP) is 1.34. The fourth-order valence-electron chi connectivity index (χ4n) is 1.48. The van der Waals surface area contributed by atoms with E-state index in [1.165, 1.54) is 0 Å². The number of hydrogen-bond acceptors (Lipinski definition) is 3. The molecule has 0 saturated carbocycles. The summed E-state index contributed by atoms with van der Waals surface area (Å²) < 4.78 is 0. The van der Waals surface area contributed by atoms with Crippen LogP contribution in [0.25, 0.3) is 0 Å². The molecule has 0 bridgehead atoms. The van der Waals surface area contributed by atoms with Crippen molar-refractivity contribution in [3.63, 3.8) is 0 Å². The van der Waals surface area contributed by atoms with Crippen LogP contribution in [0.5, 0.6) is 5.75 Å². The molecule has 0 aliphatic rings. The highest BCUT2D eigenvalue weighted by atomic mass is 16.3. The van der Waals surface area contributed by atoms with Crippen LogP contribution in [0.2, 0.25) is 0 Å². The molecule has 0 fully saturated rings. The zero-order chi connectivity index (χ0) is 10.6. The molecule has 0 aliphatic carbocycles. The molecule has 0 saturated heterocycles. The van der Waals surface area contributed by atoms with Gasteiger partial charge in [0.25, 0.3) is 0 Å². The fourth-order valence-corrected chi connectivity index (χ4v) is 1.48. The second-order valence-electron chi connectivity index (χ2n) is 3.39. The maximum absolute atomic E-state index is 9.83. The number of aliphatic hydroxyl groups excluding tert-OH is 1. The van der Waals surface area contributed by atoms with E-state index < -0.39 is 6.04 Å². The van der Waals surface area contributed by atoms with E-state index in [1.54, 1.807) is 6.07 Å². The molecule has 1 aromatic carbocycles. The quantitative estimate of drug-likeness (QED) is 0.679. The lowest BCUT2D eigenvalue weighted by molar-refractivity contribution is 0.265. The number of nitrogens with two attached hydrogens (primary N) is 1. The SMILES string of the molecule is CCCc1cccc([C@H](N)CO)c1O. The highest BCUT2D eigenvalue weighted by molar-refractivity contribution is 5.42. The van der Waals surface area contributed by atoms with Gasteiger partial charge in [-0.3, -0.25) is 0 Å². The van der Waals surface area contributed by atoms with E-state index in [1.807, 2.05) is 12.1 Å². The Bertz CT molecular complexity index is 299. The number of aryl methyl sites for hydroxylation is 1. The summed E-state index contributed by atoms with van der Waals surface area (Å²) in [6.45, 7) is 1.90. The van der Waals surface area contributed by atoms with Gasteiger partial charge in [-0.05, 0) is 12.0 Å². The van der Waals surface area contributed by atoms with Gasteiger partial charge in [-0.25, -0.2) is 0 Å². The number of aromatic hydroxyl groups is 1. The lowest BCUT2D eigenvalue weighted by Gasteiger charge is -2.13. The first kappa shape index (κ1) is 11.0. The number of aliphatic hydroxyl groups is 1. The topological polar surface area (TPSA) is 66.5 Å². The van der Waals surface area contributed by atoms with Crippen LogP contribution in [-0.2, 0) is 6.42 Å². The molecule has 0 aromatic heterocycles. The molecule has 78 valence electrons. The van der Waals surface area contributed by atoms with Crippen LogP contribution < -0.4 is 5.73 Å². The molecule has 0 aliphatic heterocycles. The van der Waals surface area contributed by atoms with E-state index in [0.29, 0.717) is 5.56 Å². The molecular formula is C11H17NO2. The first-order chi connectivity index (χ1) is 6.70. The molecule has 3 heteroatoms. The zero-order valence-electron chi connectivity index (χ0n) is 8.40. The summed E-state index contributed by atoms with van der Waals surface area (Å²) in [5.41, 5.74) is 7.17. The molecule has 14 heavy (non-hydrogen) atoms. The lowest BCUT2D eigenvalue weighted by Crippen LogP contribution is -2.14. The standard InChI is InChI=1S/C11H17NO2/c1-2-4-8-5-3-6-9(11(8)14)10(12)7-13/h3,5-6,10,13-14H,2,4,7,12H2,1H3/t10-/m1/s1. The number of benzene rings is 1. The van der Waals surface area contributed by atoms with E-state index in [9.17, 15) is 5.11 Å². The van der Waals surface area contributed by atoms with E-state index in [2.05, 4.69) is 6.92 Å². The van der Waals surface area contributed by atoms with Gasteiger partial charge in [0.15, 0.2) is 0 Å². The highest BCUT2D eigenvalue weighted by Crippen LogP contribution is 2.27. The van der Waals surface area contributed by atoms with Crippen LogP contribution in [0.15, 0.2) is 18.2 Å². The molecule has 1 rings (SSSR count). The summed E-state index contributed by atoms with van der Waals surface area (Å²) in [7, 11) is 0. The average Bonchev–Trinajstić information content (AvgIpc) is 2.20. The van der Waals surface area contributed by atoms with Crippen LogP contribution in [0.4, 0.5) is 0 Å². The Morgan fingerprint density at radius 1 is 1.43 bits per heavy atom. The monoisotopic (exact) mass is 195 g/mol. The van der Waals surface area contributed by atoms with Crippen molar-refractivity contribution in [1.29, 1.82) is 0 Å². The van der Waals surface area contributed by atoms with E-state index >= 15 is 0 Å². The van der Waals surface area contributed by atoms with Gasteiger partial charge in [-0.15, -0.1) is 0 Å². The molecule has 3 nitrogen and oxygen atoms in total. The molecule has 0 heterocycles. The largest absolute Gasteiger partial charge is 0.507 e. The lowest BCUT2D eigenvalue weighted by atomic mass is 10.0. The minimum atomic E-state index is -0.494. The van der Waals surface area contributed by atoms with Crippen LogP contribution in [0.1, 0.15) is 30.5 Å². The number of rotatable bonds is 4. The molecule has 0 spiro atoms. The minimum Gasteiger partial charge on any atom is -0.507 e. The molecule has 4 N–H and O–H groups in total. The van der Waals surface area contributed by atoms with E-state index in [4.69, 9.17) is 10.8 Å². The Balaban J connectivity index is 3.00. The Morgan fingerprint density at radius 3 is 2.71 bits per heavy atom. The zero-order valence-corrected chi connectivity index (χ0v) is 8.40. The first-order valence-electron chi connectivity index (χ1n) is 4.87. The molecule has 1 aromatic rings. The number of hydrogen-bond donors (Lipinski definition) is 3. The van der Waals surface area contributed by atoms with Crippen molar-refractivity contribution in [1.82, 2.24) is 0 Å². The van der Waals surface area contributed by atoms with Gasteiger partial charge in [0.1, 0.15) is 5.75 Å². The average molecular weight is 195 g/mol. The van der Waals surface area contributed by atoms with Crippen molar-refractivity contribution < 1.29 is 10.2 Å². The predicted molar refractivity (Wildman–Crippen MR) is 56.1 cm³/mol. The molecular weight excluding hydrogens is 178 g/mol. The Hall–Kier alpha value is -1.06. The minimum absolute atomic E-state index is 0.150. The fraction of sp³-hybridized carbons (Fsp3) is 0.455. The summed E-state index contributed by atoms with van der Waals surface area (Å²) in [6.07, 6.45) is 1.81. The Labute approximate surface area is 84.2 Å². The summed E-state index contributed by atoms with van der Waals surface area (Å²) in [4.78, 5) is 0. The van der Waals surface area contributed by atoms with Crippen LogP contribution in [0, 0.1) is 0 Å².